The Hall–Kier alpha value is -6.00. The van der Waals surface area contributed by atoms with Gasteiger partial charge in [-0.25, -0.2) is 0 Å². The average Bonchev–Trinajstić information content (AvgIpc) is 3.79. The van der Waals surface area contributed by atoms with Gasteiger partial charge in [0.1, 0.15) is 11.2 Å². The van der Waals surface area contributed by atoms with E-state index in [9.17, 15) is 0 Å². The summed E-state index contributed by atoms with van der Waals surface area (Å²) in [5.74, 6) is 0. The molecule has 0 saturated carbocycles. The van der Waals surface area contributed by atoms with Crippen LogP contribution in [-0.2, 0) is 32.5 Å². The fourth-order valence-electron chi connectivity index (χ4n) is 14.1. The summed E-state index contributed by atoms with van der Waals surface area (Å²) >= 11 is 0. The maximum Gasteiger partial charge on any atom is 0.333 e. The lowest BCUT2D eigenvalue weighted by Crippen LogP contribution is -2.62. The van der Waals surface area contributed by atoms with Gasteiger partial charge in [-0.3, -0.25) is 0 Å². The van der Waals surface area contributed by atoms with Gasteiger partial charge in [-0.1, -0.05) is 157 Å². The number of para-hydroxylation sites is 1. The molecular weight excluding hydrogens is 848 g/mol. The predicted octanol–water partition coefficient (Wildman–Crippen LogP) is 16.9. The molecule has 4 heteroatoms. The van der Waals surface area contributed by atoms with Crippen LogP contribution in [0.5, 0.6) is 0 Å². The minimum absolute atomic E-state index is 0.0102. The molecule has 0 radical (unpaired) electrons. The number of anilines is 5. The first kappa shape index (κ1) is 44.0. The Morgan fingerprint density at radius 1 is 0.500 bits per heavy atom. The quantitative estimate of drug-likeness (QED) is 0.161. The molecule has 0 atom stereocenters. The summed E-state index contributed by atoms with van der Waals surface area (Å²) < 4.78 is 7.29. The maximum absolute atomic E-state index is 7.29. The lowest BCUT2D eigenvalue weighted by molar-refractivity contribution is 0.331. The van der Waals surface area contributed by atoms with Gasteiger partial charge in [-0.15, -0.1) is 0 Å². The summed E-state index contributed by atoms with van der Waals surface area (Å²) in [5, 5.41) is 2.33. The van der Waals surface area contributed by atoms with Crippen LogP contribution >= 0.6 is 0 Å². The smallest absolute Gasteiger partial charge is 0.333 e. The van der Waals surface area contributed by atoms with E-state index in [0.717, 1.165) is 35.8 Å². The summed E-state index contributed by atoms with van der Waals surface area (Å²) in [4.78, 5) is 5.48. The highest BCUT2D eigenvalue weighted by atomic mass is 16.3. The highest BCUT2D eigenvalue weighted by Gasteiger charge is 2.51. The third kappa shape index (κ3) is 5.89. The SMILES string of the molecule is Cc1cc2c(cc1N1c3cc4c(cc3B3c5c1cc1c(oc6ccccc61)c5-c1cc5c(cc1N3c1ccc(C(C)(C)C)cc1)C(C)(C)c1ccccc1-5)C(C)(C)CCC4(C)C)C(C)(C)CCC2(C)C. The molecule has 352 valence electrons. The van der Waals surface area contributed by atoms with Crippen molar-refractivity contribution >= 4 is 68.1 Å². The fourth-order valence-corrected chi connectivity index (χ4v) is 14.1. The molecule has 0 N–H and O–H groups in total. The molecule has 3 heterocycles. The van der Waals surface area contributed by atoms with Crippen LogP contribution < -0.4 is 20.6 Å². The number of furan rings is 1. The third-order valence-corrected chi connectivity index (χ3v) is 18.6. The monoisotopic (exact) mass is 917 g/mol. The molecule has 70 heavy (non-hydrogen) atoms. The normalized spacial score (nSPS) is 19.3. The number of rotatable bonds is 2. The summed E-state index contributed by atoms with van der Waals surface area (Å²) in [7, 11) is 0. The Balaban J connectivity index is 1.22. The van der Waals surface area contributed by atoms with Crippen LogP contribution in [0.4, 0.5) is 28.4 Å². The number of aryl methyl sites for hydroxylation is 1. The third-order valence-electron chi connectivity index (χ3n) is 18.6. The Kier molecular flexibility index (Phi) is 8.73. The van der Waals surface area contributed by atoms with Gasteiger partial charge in [0.05, 0.1) is 0 Å². The molecule has 0 unspecified atom stereocenters. The first-order chi connectivity index (χ1) is 33.0. The number of hydrogen-bond acceptors (Lipinski definition) is 3. The second-order valence-corrected chi connectivity index (χ2v) is 26.3. The van der Waals surface area contributed by atoms with E-state index < -0.39 is 0 Å². The van der Waals surface area contributed by atoms with Crippen LogP contribution in [0.1, 0.15) is 160 Å². The van der Waals surface area contributed by atoms with Crippen LogP contribution in [0, 0.1) is 6.92 Å². The second-order valence-electron chi connectivity index (χ2n) is 26.3. The lowest BCUT2D eigenvalue weighted by atomic mass is 9.42. The van der Waals surface area contributed by atoms with Gasteiger partial charge >= 0.3 is 6.85 Å². The summed E-state index contributed by atoms with van der Waals surface area (Å²) in [6, 6.07) is 45.7. The van der Waals surface area contributed by atoms with E-state index >= 15 is 0 Å². The summed E-state index contributed by atoms with van der Waals surface area (Å²) in [6.07, 6.45) is 4.66. The van der Waals surface area contributed by atoms with Crippen molar-refractivity contribution in [3.05, 3.63) is 160 Å². The van der Waals surface area contributed by atoms with Crippen LogP contribution in [0.25, 0.3) is 44.2 Å². The molecule has 8 aromatic rings. The van der Waals surface area contributed by atoms with Gasteiger partial charge in [0.2, 0.25) is 0 Å². The molecule has 0 saturated heterocycles. The highest BCUT2D eigenvalue weighted by Crippen LogP contribution is 2.58. The lowest BCUT2D eigenvalue weighted by Gasteiger charge is -2.49. The van der Waals surface area contributed by atoms with E-state index in [4.69, 9.17) is 4.42 Å². The van der Waals surface area contributed by atoms with E-state index in [1.165, 1.54) is 118 Å². The molecule has 0 bridgehead atoms. The van der Waals surface area contributed by atoms with E-state index in [1.54, 1.807) is 0 Å². The molecule has 0 fully saturated rings. The highest BCUT2D eigenvalue weighted by molar-refractivity contribution is 6.94. The Morgan fingerprint density at radius 3 is 1.73 bits per heavy atom. The van der Waals surface area contributed by atoms with Crippen molar-refractivity contribution in [2.75, 3.05) is 9.71 Å². The molecule has 13 rings (SSSR count). The van der Waals surface area contributed by atoms with Crippen molar-refractivity contribution in [3.8, 4) is 22.3 Å². The Labute approximate surface area is 417 Å². The van der Waals surface area contributed by atoms with Crippen molar-refractivity contribution < 1.29 is 4.42 Å². The number of hydrogen-bond donors (Lipinski definition) is 0. The molecule has 7 aromatic carbocycles. The maximum atomic E-state index is 7.29. The Bertz CT molecular complexity index is 3590. The largest absolute Gasteiger partial charge is 0.455 e. The first-order valence-electron chi connectivity index (χ1n) is 26.3. The molecule has 0 spiro atoms. The zero-order valence-electron chi connectivity index (χ0n) is 44.2. The van der Waals surface area contributed by atoms with Crippen LogP contribution in [0.2, 0.25) is 0 Å². The van der Waals surface area contributed by atoms with Crippen molar-refractivity contribution in [2.45, 2.75) is 155 Å². The van der Waals surface area contributed by atoms with Crippen LogP contribution in [0.3, 0.4) is 0 Å². The van der Waals surface area contributed by atoms with Crippen molar-refractivity contribution in [1.29, 1.82) is 0 Å². The molecule has 5 aliphatic rings. The van der Waals surface area contributed by atoms with E-state index in [2.05, 4.69) is 222 Å². The van der Waals surface area contributed by atoms with Gasteiger partial charge < -0.3 is 14.1 Å². The van der Waals surface area contributed by atoms with E-state index in [1.807, 2.05) is 0 Å². The average molecular weight is 917 g/mol. The first-order valence-corrected chi connectivity index (χ1v) is 26.3. The predicted molar refractivity (Wildman–Crippen MR) is 299 cm³/mol. The van der Waals surface area contributed by atoms with Crippen LogP contribution in [0.15, 0.2) is 120 Å². The standard InChI is InChI=1S/C66H69BN2O/c1-38-31-48-50(64(9,10)29-27-62(48,5)6)36-53(38)68-55-37-51-49(63(7,8)28-30-65(51,11)12)34-52(55)67-59-56(68)33-44-42-20-16-18-22-57(42)70-60(44)58(59)45-32-43-41-19-15-17-21-46(41)66(13,14)47(43)35-54(45)69(67)40-25-23-39(24-26-40)61(2,3)4/h15-26,31-37H,27-30H2,1-14H3. The minimum Gasteiger partial charge on any atom is -0.455 e. The zero-order chi connectivity index (χ0) is 49.0. The van der Waals surface area contributed by atoms with Crippen molar-refractivity contribution in [3.63, 3.8) is 0 Å². The second kappa shape index (κ2) is 13.9. The zero-order valence-corrected chi connectivity index (χ0v) is 44.2. The summed E-state index contributed by atoms with van der Waals surface area (Å²) in [6.45, 7) is 33.9. The summed E-state index contributed by atoms with van der Waals surface area (Å²) in [5.41, 5.74) is 27.4. The Morgan fingerprint density at radius 2 is 1.07 bits per heavy atom. The molecule has 3 aliphatic carbocycles. The van der Waals surface area contributed by atoms with Gasteiger partial charge in [0.15, 0.2) is 0 Å². The molecule has 1 aromatic heterocycles. The van der Waals surface area contributed by atoms with Gasteiger partial charge in [0.25, 0.3) is 0 Å². The number of nitrogens with zero attached hydrogens (tertiary/aromatic N) is 2. The molecule has 2 aliphatic heterocycles. The molecule has 3 nitrogen and oxygen atoms in total. The van der Waals surface area contributed by atoms with Gasteiger partial charge in [0, 0.05) is 55.8 Å². The number of fused-ring (bicyclic) bond motifs is 13. The van der Waals surface area contributed by atoms with Crippen molar-refractivity contribution in [2.24, 2.45) is 0 Å². The molecular formula is C66H69BN2O. The van der Waals surface area contributed by atoms with Crippen LogP contribution in [-0.4, -0.2) is 6.85 Å². The van der Waals surface area contributed by atoms with Gasteiger partial charge in [-0.05, 0) is 175 Å². The van der Waals surface area contributed by atoms with E-state index in [-0.39, 0.29) is 39.3 Å². The number of benzene rings is 7. The topological polar surface area (TPSA) is 19.6 Å². The van der Waals surface area contributed by atoms with E-state index in [0.29, 0.717) is 0 Å². The fraction of sp³-hybridized carbons (Fsp3) is 0.364. The van der Waals surface area contributed by atoms with Gasteiger partial charge in [-0.2, -0.15) is 0 Å². The minimum atomic E-state index is -0.179. The van der Waals surface area contributed by atoms with Crippen molar-refractivity contribution in [1.82, 2.24) is 0 Å². The molecule has 0 amide bonds.